The summed E-state index contributed by atoms with van der Waals surface area (Å²) < 4.78 is 4.76. The van der Waals surface area contributed by atoms with E-state index in [0.717, 1.165) is 26.1 Å². The van der Waals surface area contributed by atoms with E-state index >= 15 is 0 Å². The monoisotopic (exact) mass is 230 g/mol. The van der Waals surface area contributed by atoms with E-state index in [4.69, 9.17) is 4.74 Å². The van der Waals surface area contributed by atoms with Gasteiger partial charge in [0.05, 0.1) is 7.11 Å². The molecule has 0 aliphatic heterocycles. The van der Waals surface area contributed by atoms with Gasteiger partial charge in [-0.2, -0.15) is 0 Å². The molecule has 0 aliphatic carbocycles. The van der Waals surface area contributed by atoms with Gasteiger partial charge in [0.25, 0.3) is 0 Å². The number of methoxy groups -OCH3 is 1. The Morgan fingerprint density at radius 3 is 2.50 bits per heavy atom. The molecule has 0 rings (SSSR count). The number of likely N-dealkylation sites (N-methyl/N-ethyl adjacent to an activating group) is 1. The van der Waals surface area contributed by atoms with Gasteiger partial charge < -0.3 is 15.0 Å². The Bertz CT molecular complexity index is 195. The van der Waals surface area contributed by atoms with E-state index in [9.17, 15) is 4.79 Å². The molecule has 0 radical (unpaired) electrons. The first-order chi connectivity index (χ1) is 7.51. The maximum atomic E-state index is 11.4. The summed E-state index contributed by atoms with van der Waals surface area (Å²) in [5.74, 6) is 0.487. The predicted molar refractivity (Wildman–Crippen MR) is 66.4 cm³/mol. The number of hydrogen-bond acceptors (Lipinski definition) is 4. The predicted octanol–water partition coefficient (Wildman–Crippen LogP) is 1.12. The first kappa shape index (κ1) is 15.4. The molecular weight excluding hydrogens is 204 g/mol. The van der Waals surface area contributed by atoms with Crippen LogP contribution >= 0.6 is 0 Å². The lowest BCUT2D eigenvalue weighted by Crippen LogP contribution is -2.40. The van der Waals surface area contributed by atoms with Crippen LogP contribution in [0.5, 0.6) is 0 Å². The molecule has 16 heavy (non-hydrogen) atoms. The minimum atomic E-state index is -0.176. The maximum Gasteiger partial charge on any atom is 0.322 e. The zero-order valence-electron chi connectivity index (χ0n) is 11.2. The largest absolute Gasteiger partial charge is 0.468 e. The second-order valence-electron chi connectivity index (χ2n) is 4.58. The van der Waals surface area contributed by atoms with Gasteiger partial charge in [-0.1, -0.05) is 20.8 Å². The smallest absolute Gasteiger partial charge is 0.322 e. The van der Waals surface area contributed by atoms with Gasteiger partial charge in [-0.05, 0) is 32.5 Å². The Morgan fingerprint density at radius 2 is 2.06 bits per heavy atom. The topological polar surface area (TPSA) is 41.6 Å². The van der Waals surface area contributed by atoms with Gasteiger partial charge >= 0.3 is 5.97 Å². The molecule has 0 saturated heterocycles. The second-order valence-corrected chi connectivity index (χ2v) is 4.58. The van der Waals surface area contributed by atoms with Crippen LogP contribution in [0.4, 0.5) is 0 Å². The van der Waals surface area contributed by atoms with Crippen molar-refractivity contribution in [3.63, 3.8) is 0 Å². The third-order valence-corrected chi connectivity index (χ3v) is 2.41. The lowest BCUT2D eigenvalue weighted by Gasteiger charge is -2.22. The molecule has 0 amide bonds. The van der Waals surface area contributed by atoms with Gasteiger partial charge in [-0.25, -0.2) is 0 Å². The number of nitrogens with one attached hydrogen (secondary N) is 1. The number of hydrogen-bond donors (Lipinski definition) is 1. The van der Waals surface area contributed by atoms with E-state index in [2.05, 4.69) is 31.1 Å². The molecule has 0 heterocycles. The third kappa shape index (κ3) is 6.80. The van der Waals surface area contributed by atoms with Gasteiger partial charge in [-0.15, -0.1) is 0 Å². The minimum absolute atomic E-state index is 0.167. The highest BCUT2D eigenvalue weighted by molar-refractivity contribution is 5.75. The average Bonchev–Trinajstić information content (AvgIpc) is 2.22. The van der Waals surface area contributed by atoms with Crippen molar-refractivity contribution in [2.75, 3.05) is 33.8 Å². The quantitative estimate of drug-likeness (QED) is 0.634. The Hall–Kier alpha value is -0.610. The summed E-state index contributed by atoms with van der Waals surface area (Å²) in [5.41, 5.74) is 0. The summed E-state index contributed by atoms with van der Waals surface area (Å²) in [5, 5.41) is 3.14. The number of nitrogens with zero attached hydrogens (tertiary/aromatic N) is 1. The van der Waals surface area contributed by atoms with Crippen molar-refractivity contribution < 1.29 is 9.53 Å². The SMILES string of the molecule is CCNC(CCN(C)CC(C)C)C(=O)OC. The van der Waals surface area contributed by atoms with Gasteiger partial charge in [-0.3, -0.25) is 4.79 Å². The van der Waals surface area contributed by atoms with Crippen LogP contribution in [0.3, 0.4) is 0 Å². The highest BCUT2D eigenvalue weighted by Gasteiger charge is 2.18. The van der Waals surface area contributed by atoms with Crippen molar-refractivity contribution in [1.82, 2.24) is 10.2 Å². The van der Waals surface area contributed by atoms with Crippen LogP contribution in [0, 0.1) is 5.92 Å². The minimum Gasteiger partial charge on any atom is -0.468 e. The van der Waals surface area contributed by atoms with Crippen LogP contribution < -0.4 is 5.32 Å². The molecule has 4 nitrogen and oxygen atoms in total. The molecule has 0 fully saturated rings. The number of ether oxygens (including phenoxy) is 1. The van der Waals surface area contributed by atoms with Crippen molar-refractivity contribution in [3.8, 4) is 0 Å². The second kappa shape index (κ2) is 8.53. The fourth-order valence-electron chi connectivity index (χ4n) is 1.76. The van der Waals surface area contributed by atoms with E-state index < -0.39 is 0 Å². The molecule has 0 aromatic carbocycles. The Labute approximate surface area is 99.3 Å². The summed E-state index contributed by atoms with van der Waals surface area (Å²) >= 11 is 0. The van der Waals surface area contributed by atoms with Crippen molar-refractivity contribution >= 4 is 5.97 Å². The van der Waals surface area contributed by atoms with Crippen LogP contribution in [0.1, 0.15) is 27.2 Å². The zero-order valence-corrected chi connectivity index (χ0v) is 11.2. The van der Waals surface area contributed by atoms with Crippen molar-refractivity contribution in [1.29, 1.82) is 0 Å². The van der Waals surface area contributed by atoms with E-state index in [1.165, 1.54) is 7.11 Å². The molecule has 4 heteroatoms. The fourth-order valence-corrected chi connectivity index (χ4v) is 1.76. The summed E-state index contributed by atoms with van der Waals surface area (Å²) in [6.07, 6.45) is 0.795. The number of carbonyl (C=O) groups is 1. The first-order valence-corrected chi connectivity index (χ1v) is 6.01. The average molecular weight is 230 g/mol. The molecule has 0 bridgehead atoms. The number of rotatable bonds is 8. The van der Waals surface area contributed by atoms with E-state index in [0.29, 0.717) is 5.92 Å². The highest BCUT2D eigenvalue weighted by Crippen LogP contribution is 2.00. The summed E-state index contributed by atoms with van der Waals surface area (Å²) in [4.78, 5) is 13.7. The summed E-state index contributed by atoms with van der Waals surface area (Å²) in [6, 6.07) is -0.176. The summed E-state index contributed by atoms with van der Waals surface area (Å²) in [7, 11) is 3.52. The molecule has 1 N–H and O–H groups in total. The maximum absolute atomic E-state index is 11.4. The van der Waals surface area contributed by atoms with Crippen LogP contribution in [0.2, 0.25) is 0 Å². The van der Waals surface area contributed by atoms with E-state index in [-0.39, 0.29) is 12.0 Å². The molecular formula is C12H26N2O2. The summed E-state index contributed by atoms with van der Waals surface area (Å²) in [6.45, 7) is 9.13. The molecule has 96 valence electrons. The Kier molecular flexibility index (Phi) is 8.21. The molecule has 0 saturated carbocycles. The van der Waals surface area contributed by atoms with Crippen LogP contribution in [-0.4, -0.2) is 50.7 Å². The van der Waals surface area contributed by atoms with Gasteiger partial charge in [0.15, 0.2) is 0 Å². The van der Waals surface area contributed by atoms with E-state index in [1.807, 2.05) is 6.92 Å². The van der Waals surface area contributed by atoms with E-state index in [1.54, 1.807) is 0 Å². The lowest BCUT2D eigenvalue weighted by atomic mass is 10.1. The van der Waals surface area contributed by atoms with Crippen LogP contribution in [0.15, 0.2) is 0 Å². The zero-order chi connectivity index (χ0) is 12.6. The van der Waals surface area contributed by atoms with Gasteiger partial charge in [0.2, 0.25) is 0 Å². The highest BCUT2D eigenvalue weighted by atomic mass is 16.5. The van der Waals surface area contributed by atoms with Crippen molar-refractivity contribution in [3.05, 3.63) is 0 Å². The third-order valence-electron chi connectivity index (χ3n) is 2.41. The fraction of sp³-hybridized carbons (Fsp3) is 0.917. The normalized spacial score (nSPS) is 13.2. The standard InChI is InChI=1S/C12H26N2O2/c1-6-13-11(12(15)16-5)7-8-14(4)9-10(2)3/h10-11,13H,6-9H2,1-5H3. The van der Waals surface area contributed by atoms with Crippen LogP contribution in [0.25, 0.3) is 0 Å². The Morgan fingerprint density at radius 1 is 1.44 bits per heavy atom. The van der Waals surface area contributed by atoms with Crippen LogP contribution in [-0.2, 0) is 9.53 Å². The van der Waals surface area contributed by atoms with Crippen molar-refractivity contribution in [2.24, 2.45) is 5.92 Å². The first-order valence-electron chi connectivity index (χ1n) is 6.01. The number of carbonyl (C=O) groups excluding carboxylic acids is 1. The molecule has 1 atom stereocenters. The Balaban J connectivity index is 3.96. The molecule has 0 aliphatic rings. The molecule has 0 spiro atoms. The molecule has 0 aromatic heterocycles. The number of esters is 1. The molecule has 0 aromatic rings. The van der Waals surface area contributed by atoms with Gasteiger partial charge in [0, 0.05) is 6.54 Å². The van der Waals surface area contributed by atoms with Crippen molar-refractivity contribution in [2.45, 2.75) is 33.2 Å². The molecule has 1 unspecified atom stereocenters. The lowest BCUT2D eigenvalue weighted by molar-refractivity contribution is -0.143. The van der Waals surface area contributed by atoms with Gasteiger partial charge in [0.1, 0.15) is 6.04 Å².